The van der Waals surface area contributed by atoms with Gasteiger partial charge in [0.15, 0.2) is 0 Å². The first-order chi connectivity index (χ1) is 10.3. The van der Waals surface area contributed by atoms with E-state index in [1.165, 1.54) is 0 Å². The summed E-state index contributed by atoms with van der Waals surface area (Å²) >= 11 is 0. The van der Waals surface area contributed by atoms with E-state index in [1.807, 2.05) is 42.5 Å². The van der Waals surface area contributed by atoms with Crippen LogP contribution in [0.25, 0.3) is 10.8 Å². The van der Waals surface area contributed by atoms with Gasteiger partial charge in [-0.1, -0.05) is 36.4 Å². The standard InChI is InChI=1S/C18H13NO2/c1-20-15-10-9-14(12-19)18(11-15)21-17-8-4-6-13-5-2-3-7-16(13)17/h2-11H,1H3. The maximum absolute atomic E-state index is 9.20. The maximum Gasteiger partial charge on any atom is 0.148 e. The van der Waals surface area contributed by atoms with E-state index in [0.29, 0.717) is 17.1 Å². The summed E-state index contributed by atoms with van der Waals surface area (Å²) in [5.41, 5.74) is 0.476. The van der Waals surface area contributed by atoms with Crippen molar-refractivity contribution in [2.24, 2.45) is 0 Å². The molecule has 0 spiro atoms. The van der Waals surface area contributed by atoms with Gasteiger partial charge in [-0.05, 0) is 23.6 Å². The molecule has 102 valence electrons. The van der Waals surface area contributed by atoms with Crippen molar-refractivity contribution in [1.29, 1.82) is 5.26 Å². The van der Waals surface area contributed by atoms with E-state index in [2.05, 4.69) is 6.07 Å². The third-order valence-electron chi connectivity index (χ3n) is 3.28. The van der Waals surface area contributed by atoms with Crippen LogP contribution in [0.1, 0.15) is 5.56 Å². The van der Waals surface area contributed by atoms with Crippen molar-refractivity contribution in [3.05, 3.63) is 66.2 Å². The van der Waals surface area contributed by atoms with Gasteiger partial charge < -0.3 is 9.47 Å². The van der Waals surface area contributed by atoms with Gasteiger partial charge in [-0.25, -0.2) is 0 Å². The fourth-order valence-corrected chi connectivity index (χ4v) is 2.21. The Morgan fingerprint density at radius 1 is 0.905 bits per heavy atom. The van der Waals surface area contributed by atoms with Crippen molar-refractivity contribution >= 4 is 10.8 Å². The molecule has 0 heterocycles. The van der Waals surface area contributed by atoms with Crippen LogP contribution in [0, 0.1) is 11.3 Å². The zero-order chi connectivity index (χ0) is 14.7. The fourth-order valence-electron chi connectivity index (χ4n) is 2.21. The van der Waals surface area contributed by atoms with E-state index in [-0.39, 0.29) is 0 Å². The Labute approximate surface area is 123 Å². The predicted molar refractivity (Wildman–Crippen MR) is 81.7 cm³/mol. The number of nitriles is 1. The SMILES string of the molecule is COc1ccc(C#N)c(Oc2cccc3ccccc23)c1. The van der Waals surface area contributed by atoms with Crippen molar-refractivity contribution in [1.82, 2.24) is 0 Å². The first kappa shape index (κ1) is 13.0. The van der Waals surface area contributed by atoms with Gasteiger partial charge >= 0.3 is 0 Å². The van der Waals surface area contributed by atoms with Crippen LogP contribution < -0.4 is 9.47 Å². The molecule has 3 nitrogen and oxygen atoms in total. The highest BCUT2D eigenvalue weighted by Gasteiger charge is 2.09. The Balaban J connectivity index is 2.08. The van der Waals surface area contributed by atoms with E-state index < -0.39 is 0 Å². The average Bonchev–Trinajstić information content (AvgIpc) is 2.55. The third kappa shape index (κ3) is 2.52. The molecule has 0 aliphatic carbocycles. The molecule has 0 fully saturated rings. The van der Waals surface area contributed by atoms with Gasteiger partial charge in [0.2, 0.25) is 0 Å². The number of methoxy groups -OCH3 is 1. The quantitative estimate of drug-likeness (QED) is 0.706. The highest BCUT2D eigenvalue weighted by Crippen LogP contribution is 2.33. The third-order valence-corrected chi connectivity index (χ3v) is 3.28. The summed E-state index contributed by atoms with van der Waals surface area (Å²) in [5.74, 6) is 1.87. The average molecular weight is 275 g/mol. The second-order valence-corrected chi connectivity index (χ2v) is 4.55. The first-order valence-electron chi connectivity index (χ1n) is 6.55. The Morgan fingerprint density at radius 3 is 2.52 bits per heavy atom. The number of fused-ring (bicyclic) bond motifs is 1. The lowest BCUT2D eigenvalue weighted by Gasteiger charge is -2.11. The van der Waals surface area contributed by atoms with Crippen LogP contribution >= 0.6 is 0 Å². The predicted octanol–water partition coefficient (Wildman–Crippen LogP) is 4.51. The summed E-state index contributed by atoms with van der Waals surface area (Å²) in [4.78, 5) is 0. The van der Waals surface area contributed by atoms with Crippen LogP contribution in [0.15, 0.2) is 60.7 Å². The van der Waals surface area contributed by atoms with E-state index in [4.69, 9.17) is 9.47 Å². The molecule has 0 unspecified atom stereocenters. The molecule has 0 aliphatic heterocycles. The minimum atomic E-state index is 0.476. The lowest BCUT2D eigenvalue weighted by atomic mass is 10.1. The molecule has 0 bridgehead atoms. The number of hydrogen-bond donors (Lipinski definition) is 0. The monoisotopic (exact) mass is 275 g/mol. The molecule has 0 aromatic heterocycles. The van der Waals surface area contributed by atoms with Crippen LogP contribution in [-0.4, -0.2) is 7.11 Å². The molecule has 0 saturated carbocycles. The Hall–Kier alpha value is -2.99. The van der Waals surface area contributed by atoms with Gasteiger partial charge in [0.1, 0.15) is 23.3 Å². The summed E-state index contributed by atoms with van der Waals surface area (Å²) in [5, 5.41) is 11.3. The number of nitrogens with zero attached hydrogens (tertiary/aromatic N) is 1. The molecule has 0 saturated heterocycles. The molecule has 3 aromatic rings. The number of hydrogen-bond acceptors (Lipinski definition) is 3. The van der Waals surface area contributed by atoms with Crippen molar-refractivity contribution < 1.29 is 9.47 Å². The topological polar surface area (TPSA) is 42.2 Å². The maximum atomic E-state index is 9.20. The first-order valence-corrected chi connectivity index (χ1v) is 6.55. The number of ether oxygens (including phenoxy) is 2. The van der Waals surface area contributed by atoms with Gasteiger partial charge in [-0.15, -0.1) is 0 Å². The second kappa shape index (κ2) is 5.56. The molecule has 21 heavy (non-hydrogen) atoms. The summed E-state index contributed by atoms with van der Waals surface area (Å²) in [6, 6.07) is 21.1. The normalized spacial score (nSPS) is 10.1. The van der Waals surface area contributed by atoms with Crippen molar-refractivity contribution in [3.8, 4) is 23.3 Å². The Morgan fingerprint density at radius 2 is 1.71 bits per heavy atom. The summed E-state index contributed by atoms with van der Waals surface area (Å²) in [6.07, 6.45) is 0. The molecule has 0 amide bonds. The molecule has 0 N–H and O–H groups in total. The highest BCUT2D eigenvalue weighted by molar-refractivity contribution is 5.88. The minimum Gasteiger partial charge on any atom is -0.497 e. The van der Waals surface area contributed by atoms with Crippen molar-refractivity contribution in [3.63, 3.8) is 0 Å². The molecular weight excluding hydrogens is 262 g/mol. The Bertz CT molecular complexity index is 829. The van der Waals surface area contributed by atoms with Crippen molar-refractivity contribution in [2.45, 2.75) is 0 Å². The molecule has 3 rings (SSSR count). The van der Waals surface area contributed by atoms with Crippen LogP contribution in [0.2, 0.25) is 0 Å². The summed E-state index contributed by atoms with van der Waals surface area (Å²) in [7, 11) is 1.59. The van der Waals surface area contributed by atoms with E-state index in [0.717, 1.165) is 16.5 Å². The Kier molecular flexibility index (Phi) is 3.44. The van der Waals surface area contributed by atoms with Gasteiger partial charge in [0.25, 0.3) is 0 Å². The van der Waals surface area contributed by atoms with E-state index >= 15 is 0 Å². The van der Waals surface area contributed by atoms with Crippen LogP contribution in [0.5, 0.6) is 17.2 Å². The number of rotatable bonds is 3. The van der Waals surface area contributed by atoms with E-state index in [9.17, 15) is 5.26 Å². The van der Waals surface area contributed by atoms with Gasteiger partial charge in [0, 0.05) is 11.5 Å². The summed E-state index contributed by atoms with van der Waals surface area (Å²) in [6.45, 7) is 0. The molecule has 0 aliphatic rings. The second-order valence-electron chi connectivity index (χ2n) is 4.55. The lowest BCUT2D eigenvalue weighted by Crippen LogP contribution is -1.91. The van der Waals surface area contributed by atoms with Crippen LogP contribution in [-0.2, 0) is 0 Å². The minimum absolute atomic E-state index is 0.476. The van der Waals surface area contributed by atoms with Crippen LogP contribution in [0.4, 0.5) is 0 Å². The van der Waals surface area contributed by atoms with Gasteiger partial charge in [0.05, 0.1) is 12.7 Å². The van der Waals surface area contributed by atoms with Crippen molar-refractivity contribution in [2.75, 3.05) is 7.11 Å². The summed E-state index contributed by atoms with van der Waals surface area (Å²) < 4.78 is 11.1. The van der Waals surface area contributed by atoms with Crippen LogP contribution in [0.3, 0.4) is 0 Å². The molecular formula is C18H13NO2. The van der Waals surface area contributed by atoms with E-state index in [1.54, 1.807) is 25.3 Å². The van der Waals surface area contributed by atoms with Gasteiger partial charge in [-0.2, -0.15) is 5.26 Å². The molecule has 0 radical (unpaired) electrons. The molecule has 0 atom stereocenters. The molecule has 3 heteroatoms. The number of benzene rings is 3. The molecule has 3 aromatic carbocycles. The van der Waals surface area contributed by atoms with Gasteiger partial charge in [-0.3, -0.25) is 0 Å². The largest absolute Gasteiger partial charge is 0.497 e. The smallest absolute Gasteiger partial charge is 0.148 e. The fraction of sp³-hybridized carbons (Fsp3) is 0.0556. The lowest BCUT2D eigenvalue weighted by molar-refractivity contribution is 0.409. The zero-order valence-electron chi connectivity index (χ0n) is 11.5. The zero-order valence-corrected chi connectivity index (χ0v) is 11.5. The highest BCUT2D eigenvalue weighted by atomic mass is 16.5.